The third kappa shape index (κ3) is 4.76. The standard InChI is InChI=1S/C10H20N2O2S2/c1-9-8-16(13,14)7-6-12(9)5-3-2-4-10(11)15/h9H,2-8H2,1H3,(H2,11,15). The molecule has 0 aromatic rings. The molecular weight excluding hydrogens is 244 g/mol. The molecule has 1 unspecified atom stereocenters. The molecule has 94 valence electrons. The Labute approximate surface area is 103 Å². The van der Waals surface area contributed by atoms with E-state index in [0.29, 0.717) is 23.0 Å². The Morgan fingerprint density at radius 2 is 2.19 bits per heavy atom. The second kappa shape index (κ2) is 5.93. The first-order chi connectivity index (χ1) is 7.41. The van der Waals surface area contributed by atoms with E-state index in [-0.39, 0.29) is 6.04 Å². The Kier molecular flexibility index (Phi) is 5.14. The van der Waals surface area contributed by atoms with Crippen LogP contribution < -0.4 is 5.73 Å². The van der Waals surface area contributed by atoms with Crippen LogP contribution in [0.5, 0.6) is 0 Å². The van der Waals surface area contributed by atoms with Gasteiger partial charge in [0.25, 0.3) is 0 Å². The first-order valence-electron chi connectivity index (χ1n) is 5.63. The Bertz CT molecular complexity index is 341. The van der Waals surface area contributed by atoms with E-state index in [0.717, 1.165) is 25.8 Å². The molecule has 0 bridgehead atoms. The summed E-state index contributed by atoms with van der Waals surface area (Å²) in [5.74, 6) is 0.592. The van der Waals surface area contributed by atoms with E-state index >= 15 is 0 Å². The molecule has 6 heteroatoms. The maximum absolute atomic E-state index is 11.4. The third-order valence-corrected chi connectivity index (χ3v) is 4.93. The van der Waals surface area contributed by atoms with Crippen molar-refractivity contribution in [1.82, 2.24) is 4.90 Å². The molecule has 1 heterocycles. The van der Waals surface area contributed by atoms with Crippen LogP contribution >= 0.6 is 12.2 Å². The summed E-state index contributed by atoms with van der Waals surface area (Å²) in [7, 11) is -2.79. The summed E-state index contributed by atoms with van der Waals surface area (Å²) in [6.07, 6.45) is 2.81. The summed E-state index contributed by atoms with van der Waals surface area (Å²) in [4.78, 5) is 2.80. The molecule has 1 aliphatic heterocycles. The van der Waals surface area contributed by atoms with E-state index < -0.39 is 9.84 Å². The second-order valence-electron chi connectivity index (χ2n) is 4.42. The molecule has 0 spiro atoms. The molecule has 0 aromatic carbocycles. The van der Waals surface area contributed by atoms with Gasteiger partial charge in [-0.2, -0.15) is 0 Å². The van der Waals surface area contributed by atoms with Crippen LogP contribution in [0.15, 0.2) is 0 Å². The molecule has 4 nitrogen and oxygen atoms in total. The van der Waals surface area contributed by atoms with Gasteiger partial charge in [0.2, 0.25) is 0 Å². The van der Waals surface area contributed by atoms with Crippen molar-refractivity contribution in [3.8, 4) is 0 Å². The third-order valence-electron chi connectivity index (χ3n) is 2.93. The molecule has 0 saturated carbocycles. The molecule has 0 aliphatic carbocycles. The van der Waals surface area contributed by atoms with E-state index in [4.69, 9.17) is 18.0 Å². The van der Waals surface area contributed by atoms with E-state index in [9.17, 15) is 8.42 Å². The van der Waals surface area contributed by atoms with Gasteiger partial charge < -0.3 is 5.73 Å². The van der Waals surface area contributed by atoms with Crippen LogP contribution in [0.3, 0.4) is 0 Å². The topological polar surface area (TPSA) is 63.4 Å². The fourth-order valence-corrected chi connectivity index (χ4v) is 3.75. The van der Waals surface area contributed by atoms with Crippen molar-refractivity contribution in [2.45, 2.75) is 32.2 Å². The van der Waals surface area contributed by atoms with Crippen LogP contribution in [0.2, 0.25) is 0 Å². The van der Waals surface area contributed by atoms with Gasteiger partial charge in [-0.3, -0.25) is 4.90 Å². The zero-order chi connectivity index (χ0) is 12.2. The van der Waals surface area contributed by atoms with Crippen molar-refractivity contribution in [3.63, 3.8) is 0 Å². The summed E-state index contributed by atoms with van der Waals surface area (Å²) < 4.78 is 22.7. The minimum atomic E-state index is -2.79. The Hall–Kier alpha value is -0.200. The summed E-state index contributed by atoms with van der Waals surface area (Å²) >= 11 is 4.80. The average molecular weight is 264 g/mol. The lowest BCUT2D eigenvalue weighted by molar-refractivity contribution is 0.223. The Morgan fingerprint density at radius 1 is 1.50 bits per heavy atom. The van der Waals surface area contributed by atoms with Gasteiger partial charge >= 0.3 is 0 Å². The fourth-order valence-electron chi connectivity index (χ4n) is 1.98. The van der Waals surface area contributed by atoms with Crippen LogP contribution in [-0.4, -0.2) is 48.9 Å². The summed E-state index contributed by atoms with van der Waals surface area (Å²) in [5, 5.41) is 0. The lowest BCUT2D eigenvalue weighted by atomic mass is 10.2. The summed E-state index contributed by atoms with van der Waals surface area (Å²) in [6, 6.07) is 0.142. The zero-order valence-corrected chi connectivity index (χ0v) is 11.3. The number of nitrogens with two attached hydrogens (primary N) is 1. The van der Waals surface area contributed by atoms with E-state index in [1.54, 1.807) is 0 Å². The maximum Gasteiger partial charge on any atom is 0.153 e. The van der Waals surface area contributed by atoms with Crippen LogP contribution in [-0.2, 0) is 9.84 Å². The predicted molar refractivity (Wildman–Crippen MR) is 70.3 cm³/mol. The first-order valence-corrected chi connectivity index (χ1v) is 7.86. The maximum atomic E-state index is 11.4. The molecule has 1 fully saturated rings. The van der Waals surface area contributed by atoms with Crippen LogP contribution in [0.4, 0.5) is 0 Å². The van der Waals surface area contributed by atoms with E-state index in [1.807, 2.05) is 6.92 Å². The van der Waals surface area contributed by atoms with Crippen molar-refractivity contribution in [2.24, 2.45) is 5.73 Å². The number of thiocarbonyl (C=S) groups is 1. The molecule has 2 N–H and O–H groups in total. The molecule has 1 atom stereocenters. The number of hydrogen-bond donors (Lipinski definition) is 1. The summed E-state index contributed by atoms with van der Waals surface area (Å²) in [6.45, 7) is 3.58. The number of nitrogens with zero attached hydrogens (tertiary/aromatic N) is 1. The van der Waals surface area contributed by atoms with Crippen molar-refractivity contribution >= 4 is 27.0 Å². The van der Waals surface area contributed by atoms with Gasteiger partial charge in [-0.25, -0.2) is 8.42 Å². The Balaban J connectivity index is 2.26. The van der Waals surface area contributed by atoms with Gasteiger partial charge in [0.15, 0.2) is 9.84 Å². The zero-order valence-electron chi connectivity index (χ0n) is 9.68. The quantitative estimate of drug-likeness (QED) is 0.581. The van der Waals surface area contributed by atoms with Crippen molar-refractivity contribution in [1.29, 1.82) is 0 Å². The number of unbranched alkanes of at least 4 members (excludes halogenated alkanes) is 1. The lowest BCUT2D eigenvalue weighted by Crippen LogP contribution is -2.47. The SMILES string of the molecule is CC1CS(=O)(=O)CCN1CCCCC(N)=S. The van der Waals surface area contributed by atoms with Gasteiger partial charge in [-0.1, -0.05) is 12.2 Å². The van der Waals surface area contributed by atoms with Crippen LogP contribution in [0.1, 0.15) is 26.2 Å². The first kappa shape index (κ1) is 13.9. The highest BCUT2D eigenvalue weighted by Crippen LogP contribution is 2.12. The normalized spacial score (nSPS) is 25.4. The van der Waals surface area contributed by atoms with Crippen molar-refractivity contribution in [3.05, 3.63) is 0 Å². The van der Waals surface area contributed by atoms with Crippen LogP contribution in [0.25, 0.3) is 0 Å². The van der Waals surface area contributed by atoms with Crippen molar-refractivity contribution in [2.75, 3.05) is 24.6 Å². The number of rotatable bonds is 5. The summed E-state index contributed by atoms with van der Waals surface area (Å²) in [5.41, 5.74) is 5.41. The van der Waals surface area contributed by atoms with Crippen LogP contribution in [0, 0.1) is 0 Å². The molecule has 1 aliphatic rings. The number of hydrogen-bond acceptors (Lipinski definition) is 4. The lowest BCUT2D eigenvalue weighted by Gasteiger charge is -2.32. The van der Waals surface area contributed by atoms with Crippen molar-refractivity contribution < 1.29 is 8.42 Å². The molecule has 0 aromatic heterocycles. The van der Waals surface area contributed by atoms with Gasteiger partial charge in [0.1, 0.15) is 0 Å². The average Bonchev–Trinajstić information content (AvgIpc) is 2.13. The monoisotopic (exact) mass is 264 g/mol. The fraction of sp³-hybridized carbons (Fsp3) is 0.900. The molecule has 0 radical (unpaired) electrons. The van der Waals surface area contributed by atoms with E-state index in [1.165, 1.54) is 0 Å². The highest BCUT2D eigenvalue weighted by Gasteiger charge is 2.27. The molecular formula is C10H20N2O2S2. The Morgan fingerprint density at radius 3 is 2.75 bits per heavy atom. The minimum Gasteiger partial charge on any atom is -0.393 e. The largest absolute Gasteiger partial charge is 0.393 e. The predicted octanol–water partition coefficient (Wildman–Crippen LogP) is 0.562. The smallest absolute Gasteiger partial charge is 0.153 e. The van der Waals surface area contributed by atoms with Gasteiger partial charge in [-0.15, -0.1) is 0 Å². The molecule has 16 heavy (non-hydrogen) atoms. The second-order valence-corrected chi connectivity index (χ2v) is 7.18. The molecule has 1 saturated heterocycles. The minimum absolute atomic E-state index is 0.142. The van der Waals surface area contributed by atoms with E-state index in [2.05, 4.69) is 4.90 Å². The van der Waals surface area contributed by atoms with Gasteiger partial charge in [-0.05, 0) is 32.7 Å². The van der Waals surface area contributed by atoms with Gasteiger partial charge in [0.05, 0.1) is 16.5 Å². The molecule has 1 rings (SSSR count). The highest BCUT2D eigenvalue weighted by molar-refractivity contribution is 7.91. The highest BCUT2D eigenvalue weighted by atomic mass is 32.2. The molecule has 0 amide bonds. The number of sulfone groups is 1. The van der Waals surface area contributed by atoms with Gasteiger partial charge in [0, 0.05) is 12.6 Å².